The summed E-state index contributed by atoms with van der Waals surface area (Å²) in [6, 6.07) is 6.52. The second-order valence-corrected chi connectivity index (χ2v) is 7.30. The van der Waals surface area contributed by atoms with Crippen molar-refractivity contribution >= 4 is 31.9 Å². The molecule has 1 aliphatic heterocycles. The van der Waals surface area contributed by atoms with Crippen molar-refractivity contribution < 1.29 is 13.2 Å². The summed E-state index contributed by atoms with van der Waals surface area (Å²) >= 11 is 3.28. The first-order valence-electron chi connectivity index (χ1n) is 6.18. The Balaban J connectivity index is 2.09. The normalized spacial score (nSPS) is 17.2. The molecule has 6 nitrogen and oxygen atoms in total. The van der Waals surface area contributed by atoms with Gasteiger partial charge in [-0.25, -0.2) is 8.42 Å². The van der Waals surface area contributed by atoms with E-state index in [9.17, 15) is 13.2 Å². The first-order valence-corrected chi connectivity index (χ1v) is 8.42. The molecule has 0 unspecified atom stereocenters. The quantitative estimate of drug-likeness (QED) is 0.835. The summed E-state index contributed by atoms with van der Waals surface area (Å²) in [4.78, 5) is 13.3. The first-order chi connectivity index (χ1) is 9.45. The summed E-state index contributed by atoms with van der Waals surface area (Å²) in [6.45, 7) is 1.31. The van der Waals surface area contributed by atoms with E-state index in [4.69, 9.17) is 5.73 Å². The average molecular weight is 362 g/mol. The summed E-state index contributed by atoms with van der Waals surface area (Å²) in [5, 5.41) is 0. The van der Waals surface area contributed by atoms with Crippen LogP contribution in [-0.2, 0) is 14.8 Å². The summed E-state index contributed by atoms with van der Waals surface area (Å²) in [7, 11) is -3.49. The predicted octanol–water partition coefficient (Wildman–Crippen LogP) is 0.241. The van der Waals surface area contributed by atoms with Crippen LogP contribution in [0.5, 0.6) is 0 Å². The SMILES string of the molecule is NCC(=O)N1CCN(S(=O)(=O)c2ccc(Br)cc2)CC1. The first kappa shape index (κ1) is 15.4. The summed E-state index contributed by atoms with van der Waals surface area (Å²) in [6.07, 6.45) is 0. The highest BCUT2D eigenvalue weighted by Crippen LogP contribution is 2.20. The van der Waals surface area contributed by atoms with Gasteiger partial charge in [-0.15, -0.1) is 0 Å². The van der Waals surface area contributed by atoms with Crippen molar-refractivity contribution in [1.82, 2.24) is 9.21 Å². The van der Waals surface area contributed by atoms with Crippen molar-refractivity contribution in [3.05, 3.63) is 28.7 Å². The third-order valence-electron chi connectivity index (χ3n) is 3.22. The smallest absolute Gasteiger partial charge is 0.243 e. The molecule has 0 radical (unpaired) electrons. The van der Waals surface area contributed by atoms with Crippen molar-refractivity contribution in [3.8, 4) is 0 Å². The number of carbonyl (C=O) groups excluding carboxylic acids is 1. The van der Waals surface area contributed by atoms with Gasteiger partial charge in [0.25, 0.3) is 0 Å². The van der Waals surface area contributed by atoms with Gasteiger partial charge in [-0.1, -0.05) is 15.9 Å². The molecule has 0 bridgehead atoms. The lowest BCUT2D eigenvalue weighted by Crippen LogP contribution is -2.51. The van der Waals surface area contributed by atoms with Crippen LogP contribution in [0.3, 0.4) is 0 Å². The zero-order valence-corrected chi connectivity index (χ0v) is 13.2. The molecule has 1 aromatic rings. The lowest BCUT2D eigenvalue weighted by Gasteiger charge is -2.33. The highest BCUT2D eigenvalue weighted by Gasteiger charge is 2.29. The molecular weight excluding hydrogens is 346 g/mol. The van der Waals surface area contributed by atoms with Gasteiger partial charge in [0.2, 0.25) is 15.9 Å². The summed E-state index contributed by atoms with van der Waals surface area (Å²) in [5.74, 6) is -0.148. The Kier molecular flexibility index (Phi) is 4.79. The Bertz CT molecular complexity index is 580. The van der Waals surface area contributed by atoms with Crippen LogP contribution in [-0.4, -0.2) is 56.3 Å². The fourth-order valence-electron chi connectivity index (χ4n) is 2.06. The van der Waals surface area contributed by atoms with Crippen LogP contribution >= 0.6 is 15.9 Å². The van der Waals surface area contributed by atoms with Crippen LogP contribution in [0.25, 0.3) is 0 Å². The van der Waals surface area contributed by atoms with Gasteiger partial charge in [-0.05, 0) is 24.3 Å². The van der Waals surface area contributed by atoms with Crippen LogP contribution < -0.4 is 5.73 Å². The Labute approximate surface area is 126 Å². The fraction of sp³-hybridized carbons (Fsp3) is 0.417. The minimum atomic E-state index is -3.49. The van der Waals surface area contributed by atoms with E-state index in [1.165, 1.54) is 4.31 Å². The number of halogens is 1. The van der Waals surface area contributed by atoms with Crippen LogP contribution in [0.4, 0.5) is 0 Å². The number of hydrogen-bond acceptors (Lipinski definition) is 4. The molecule has 1 saturated heterocycles. The molecule has 1 aromatic carbocycles. The Hall–Kier alpha value is -0.960. The van der Waals surface area contributed by atoms with Crippen LogP contribution in [0.2, 0.25) is 0 Å². The minimum absolute atomic E-state index is 0.0422. The van der Waals surface area contributed by atoms with Crippen molar-refractivity contribution in [2.75, 3.05) is 32.7 Å². The highest BCUT2D eigenvalue weighted by molar-refractivity contribution is 9.10. The van der Waals surface area contributed by atoms with Crippen LogP contribution in [0.1, 0.15) is 0 Å². The van der Waals surface area contributed by atoms with Gasteiger partial charge < -0.3 is 10.6 Å². The van der Waals surface area contributed by atoms with Gasteiger partial charge in [0.1, 0.15) is 0 Å². The molecule has 1 fully saturated rings. The molecule has 0 atom stereocenters. The van der Waals surface area contributed by atoms with Gasteiger partial charge in [0.05, 0.1) is 11.4 Å². The van der Waals surface area contributed by atoms with Gasteiger partial charge in [-0.2, -0.15) is 4.31 Å². The number of rotatable bonds is 3. The molecule has 0 aliphatic carbocycles. The summed E-state index contributed by atoms with van der Waals surface area (Å²) < 4.78 is 27.1. The minimum Gasteiger partial charge on any atom is -0.339 e. The Morgan fingerprint density at radius 1 is 1.15 bits per heavy atom. The standard InChI is InChI=1S/C12H16BrN3O3S/c13-10-1-3-11(4-2-10)20(18,19)16-7-5-15(6-8-16)12(17)9-14/h1-4H,5-9,14H2. The monoisotopic (exact) mass is 361 g/mol. The second kappa shape index (κ2) is 6.21. The molecule has 0 aromatic heterocycles. The van der Waals surface area contributed by atoms with E-state index in [-0.39, 0.29) is 17.3 Å². The highest BCUT2D eigenvalue weighted by atomic mass is 79.9. The maximum atomic E-state index is 12.4. The number of amides is 1. The maximum absolute atomic E-state index is 12.4. The molecule has 1 aliphatic rings. The van der Waals surface area contributed by atoms with Gasteiger partial charge in [0.15, 0.2) is 0 Å². The topological polar surface area (TPSA) is 83.7 Å². The molecule has 110 valence electrons. The molecule has 1 amide bonds. The lowest BCUT2D eigenvalue weighted by atomic mass is 10.3. The van der Waals surface area contributed by atoms with E-state index < -0.39 is 10.0 Å². The number of nitrogens with zero attached hydrogens (tertiary/aromatic N) is 2. The van der Waals surface area contributed by atoms with Crippen molar-refractivity contribution in [2.24, 2.45) is 5.73 Å². The molecule has 8 heteroatoms. The maximum Gasteiger partial charge on any atom is 0.243 e. The molecule has 0 saturated carbocycles. The molecule has 20 heavy (non-hydrogen) atoms. The molecular formula is C12H16BrN3O3S. The zero-order valence-electron chi connectivity index (χ0n) is 10.8. The number of benzene rings is 1. The zero-order chi connectivity index (χ0) is 14.8. The largest absolute Gasteiger partial charge is 0.339 e. The number of nitrogens with two attached hydrogens (primary N) is 1. The molecule has 0 spiro atoms. The third kappa shape index (κ3) is 3.20. The number of piperazine rings is 1. The van der Waals surface area contributed by atoms with Crippen molar-refractivity contribution in [1.29, 1.82) is 0 Å². The average Bonchev–Trinajstić information content (AvgIpc) is 2.47. The van der Waals surface area contributed by atoms with E-state index in [1.54, 1.807) is 29.2 Å². The van der Waals surface area contributed by atoms with E-state index in [2.05, 4.69) is 15.9 Å². The second-order valence-electron chi connectivity index (χ2n) is 4.44. The van der Waals surface area contributed by atoms with Crippen molar-refractivity contribution in [2.45, 2.75) is 4.90 Å². The van der Waals surface area contributed by atoms with E-state index in [0.717, 1.165) is 4.47 Å². The van der Waals surface area contributed by atoms with Gasteiger partial charge >= 0.3 is 0 Å². The number of sulfonamides is 1. The predicted molar refractivity (Wildman–Crippen MR) is 78.5 cm³/mol. The van der Waals surface area contributed by atoms with E-state index >= 15 is 0 Å². The fourth-order valence-corrected chi connectivity index (χ4v) is 3.75. The van der Waals surface area contributed by atoms with Gasteiger partial charge in [0, 0.05) is 30.7 Å². The van der Waals surface area contributed by atoms with Gasteiger partial charge in [-0.3, -0.25) is 4.79 Å². The van der Waals surface area contributed by atoms with Crippen LogP contribution in [0.15, 0.2) is 33.6 Å². The number of hydrogen-bond donors (Lipinski definition) is 1. The third-order valence-corrected chi connectivity index (χ3v) is 5.66. The van der Waals surface area contributed by atoms with E-state index in [0.29, 0.717) is 26.2 Å². The number of carbonyl (C=O) groups is 1. The van der Waals surface area contributed by atoms with Crippen LogP contribution in [0, 0.1) is 0 Å². The van der Waals surface area contributed by atoms with E-state index in [1.807, 2.05) is 0 Å². The Morgan fingerprint density at radius 2 is 1.70 bits per heavy atom. The Morgan fingerprint density at radius 3 is 2.20 bits per heavy atom. The summed E-state index contributed by atoms with van der Waals surface area (Å²) in [5.41, 5.74) is 5.30. The lowest BCUT2D eigenvalue weighted by molar-refractivity contribution is -0.130. The molecule has 2 rings (SSSR count). The van der Waals surface area contributed by atoms with Crippen molar-refractivity contribution in [3.63, 3.8) is 0 Å². The molecule has 1 heterocycles. The molecule has 2 N–H and O–H groups in total.